The van der Waals surface area contributed by atoms with Gasteiger partial charge in [-0.3, -0.25) is 27.9 Å². The molecule has 0 amide bonds. The van der Waals surface area contributed by atoms with E-state index < -0.39 is 43.7 Å². The predicted octanol–water partition coefficient (Wildman–Crippen LogP) is 2.25. The van der Waals surface area contributed by atoms with Crippen LogP contribution in [0.15, 0.2) is 46.1 Å². The summed E-state index contributed by atoms with van der Waals surface area (Å²) in [6.07, 6.45) is -2.70. The highest BCUT2D eigenvalue weighted by Crippen LogP contribution is 2.57. The summed E-state index contributed by atoms with van der Waals surface area (Å²) in [5, 5.41) is 0. The van der Waals surface area contributed by atoms with E-state index in [1.807, 2.05) is 30.3 Å². The van der Waals surface area contributed by atoms with Gasteiger partial charge in [-0.1, -0.05) is 30.3 Å². The van der Waals surface area contributed by atoms with Gasteiger partial charge >= 0.3 is 13.5 Å². The van der Waals surface area contributed by atoms with E-state index in [-0.39, 0.29) is 18.8 Å². The second-order valence-electron chi connectivity index (χ2n) is 7.22. The molecule has 1 unspecified atom stereocenters. The van der Waals surface area contributed by atoms with Crippen LogP contribution in [0.3, 0.4) is 0 Å². The molecule has 2 aliphatic rings. The highest BCUT2D eigenvalue weighted by molar-refractivity contribution is 7.48. The van der Waals surface area contributed by atoms with Crippen molar-refractivity contribution in [3.63, 3.8) is 0 Å². The Kier molecular flexibility index (Phi) is 6.04. The number of aryl methyl sites for hydroxylation is 2. The fraction of sp³-hybridized carbons (Fsp3) is 0.474. The molecule has 9 nitrogen and oxygen atoms in total. The summed E-state index contributed by atoms with van der Waals surface area (Å²) >= 11 is 0. The van der Waals surface area contributed by atoms with Crippen LogP contribution in [0, 0.1) is 6.92 Å². The maximum absolute atomic E-state index is 15.0. The molecule has 3 heterocycles. The monoisotopic (exact) mass is 440 g/mol. The lowest BCUT2D eigenvalue weighted by Crippen LogP contribution is -2.39. The van der Waals surface area contributed by atoms with Gasteiger partial charge in [0, 0.05) is 11.8 Å². The third kappa shape index (κ3) is 4.33. The summed E-state index contributed by atoms with van der Waals surface area (Å²) in [6.45, 7) is 1.40. The highest BCUT2D eigenvalue weighted by atomic mass is 31.2. The Hall–Kier alpha value is -2.10. The number of nitrogens with one attached hydrogen (secondary N) is 1. The lowest BCUT2D eigenvalue weighted by atomic mass is 10.1. The van der Waals surface area contributed by atoms with Crippen LogP contribution in [-0.4, -0.2) is 41.1 Å². The molecule has 0 aliphatic carbocycles. The number of rotatable bonds is 6. The van der Waals surface area contributed by atoms with Gasteiger partial charge < -0.3 is 4.74 Å². The van der Waals surface area contributed by atoms with Crippen LogP contribution in [0.4, 0.5) is 4.39 Å². The lowest BCUT2D eigenvalue weighted by molar-refractivity contribution is -0.0723. The van der Waals surface area contributed by atoms with Gasteiger partial charge in [-0.15, -0.1) is 0 Å². The first-order valence-corrected chi connectivity index (χ1v) is 11.1. The first-order valence-electron chi connectivity index (χ1n) is 9.59. The normalized spacial score (nSPS) is 30.9. The number of halogens is 1. The van der Waals surface area contributed by atoms with Gasteiger partial charge in [0.2, 0.25) is 0 Å². The average Bonchev–Trinajstić information content (AvgIpc) is 3.04. The molecule has 0 spiro atoms. The molecule has 2 fully saturated rings. The molecule has 0 bridgehead atoms. The van der Waals surface area contributed by atoms with Crippen LogP contribution in [0.25, 0.3) is 0 Å². The Labute approximate surface area is 171 Å². The van der Waals surface area contributed by atoms with E-state index in [1.165, 1.54) is 13.1 Å². The molecule has 11 heteroatoms. The van der Waals surface area contributed by atoms with Crippen LogP contribution in [0.1, 0.15) is 23.8 Å². The van der Waals surface area contributed by atoms with Crippen LogP contribution in [-0.2, 0) is 29.3 Å². The lowest BCUT2D eigenvalue weighted by Gasteiger charge is -2.30. The van der Waals surface area contributed by atoms with Crippen molar-refractivity contribution < 1.29 is 27.3 Å². The summed E-state index contributed by atoms with van der Waals surface area (Å²) in [4.78, 5) is 25.7. The van der Waals surface area contributed by atoms with E-state index in [0.717, 1.165) is 16.6 Å². The van der Waals surface area contributed by atoms with E-state index in [0.29, 0.717) is 6.42 Å². The quantitative estimate of drug-likeness (QED) is 0.542. The van der Waals surface area contributed by atoms with Crippen molar-refractivity contribution in [1.82, 2.24) is 9.55 Å². The fourth-order valence-electron chi connectivity index (χ4n) is 3.46. The smallest absolute Gasteiger partial charge is 0.346 e. The number of aromatic amines is 1. The minimum absolute atomic E-state index is 0.114. The summed E-state index contributed by atoms with van der Waals surface area (Å²) < 4.78 is 50.2. The topological polar surface area (TPSA) is 109 Å². The first-order chi connectivity index (χ1) is 14.4. The zero-order valence-electron chi connectivity index (χ0n) is 16.2. The molecule has 2 aromatic rings. The van der Waals surface area contributed by atoms with Crippen molar-refractivity contribution in [3.05, 3.63) is 68.5 Å². The van der Waals surface area contributed by atoms with Gasteiger partial charge in [-0.2, -0.15) is 0 Å². The molecule has 4 rings (SSSR count). The Morgan fingerprint density at radius 2 is 2.07 bits per heavy atom. The number of alkyl halides is 1. The van der Waals surface area contributed by atoms with Gasteiger partial charge in [0.1, 0.15) is 12.2 Å². The summed E-state index contributed by atoms with van der Waals surface area (Å²) in [7, 11) is -3.95. The van der Waals surface area contributed by atoms with Gasteiger partial charge in [0.05, 0.1) is 13.2 Å². The largest absolute Gasteiger partial charge is 0.475 e. The predicted molar refractivity (Wildman–Crippen MR) is 104 cm³/mol. The molecule has 0 radical (unpaired) electrons. The van der Waals surface area contributed by atoms with Gasteiger partial charge in [-0.05, 0) is 25.3 Å². The molecular weight excluding hydrogens is 418 g/mol. The molecule has 30 heavy (non-hydrogen) atoms. The minimum Gasteiger partial charge on any atom is -0.346 e. The van der Waals surface area contributed by atoms with Crippen LogP contribution < -0.4 is 11.2 Å². The molecule has 0 saturated carbocycles. The number of phosphoric acid groups is 1. The number of benzene rings is 1. The Morgan fingerprint density at radius 3 is 2.83 bits per heavy atom. The summed E-state index contributed by atoms with van der Waals surface area (Å²) in [5.41, 5.74) is -0.0273. The Bertz CT molecular complexity index is 1060. The first kappa shape index (κ1) is 21.1. The highest BCUT2D eigenvalue weighted by Gasteiger charge is 2.54. The van der Waals surface area contributed by atoms with Crippen molar-refractivity contribution in [2.24, 2.45) is 0 Å². The number of phosphoric ester groups is 1. The molecule has 162 valence electrons. The van der Waals surface area contributed by atoms with Crippen LogP contribution in [0.5, 0.6) is 0 Å². The van der Waals surface area contributed by atoms with E-state index in [4.69, 9.17) is 18.3 Å². The number of aromatic nitrogens is 2. The van der Waals surface area contributed by atoms with Crippen molar-refractivity contribution >= 4 is 7.82 Å². The van der Waals surface area contributed by atoms with E-state index >= 15 is 4.39 Å². The van der Waals surface area contributed by atoms with Gasteiger partial charge in [0.25, 0.3) is 5.56 Å². The SMILES string of the molecule is Cc1cn([C@H]2O[C@H]3COP(=O)(OCCCc4ccccc4)O[C@@H]3[C@H]2F)c(=O)[nH]c1=O. The van der Waals surface area contributed by atoms with E-state index in [9.17, 15) is 14.2 Å². The molecule has 1 N–H and O–H groups in total. The third-order valence-corrected chi connectivity index (χ3v) is 6.50. The van der Waals surface area contributed by atoms with Gasteiger partial charge in [-0.25, -0.2) is 13.8 Å². The molecule has 5 atom stereocenters. The summed E-state index contributed by atoms with van der Waals surface area (Å²) in [5.74, 6) is 0. The number of hydrogen-bond donors (Lipinski definition) is 1. The van der Waals surface area contributed by atoms with Crippen molar-refractivity contribution in [2.45, 2.75) is 44.4 Å². The number of ether oxygens (including phenoxy) is 1. The van der Waals surface area contributed by atoms with Gasteiger partial charge in [0.15, 0.2) is 12.4 Å². The third-order valence-electron chi connectivity index (χ3n) is 5.04. The van der Waals surface area contributed by atoms with E-state index in [1.54, 1.807) is 0 Å². The molecule has 1 aromatic carbocycles. The number of nitrogens with zero attached hydrogens (tertiary/aromatic N) is 1. The number of fused-ring (bicyclic) bond motifs is 1. The van der Waals surface area contributed by atoms with Crippen molar-refractivity contribution in [1.29, 1.82) is 0 Å². The molecule has 1 aromatic heterocycles. The molecule has 2 saturated heterocycles. The molecular formula is C19H22FN2O7P. The van der Waals surface area contributed by atoms with Crippen molar-refractivity contribution in [2.75, 3.05) is 13.2 Å². The average molecular weight is 440 g/mol. The Balaban J connectivity index is 1.38. The van der Waals surface area contributed by atoms with Crippen LogP contribution >= 0.6 is 7.82 Å². The van der Waals surface area contributed by atoms with Crippen molar-refractivity contribution in [3.8, 4) is 0 Å². The fourth-order valence-corrected chi connectivity index (χ4v) is 4.89. The number of hydrogen-bond acceptors (Lipinski definition) is 7. The van der Waals surface area contributed by atoms with Crippen LogP contribution in [0.2, 0.25) is 0 Å². The maximum Gasteiger partial charge on any atom is 0.475 e. The standard InChI is InChI=1S/C19H22FN2O7P/c1-12-10-22(19(24)21-17(12)23)18-15(20)16-14(28-18)11-27-30(25,29-16)26-9-5-8-13-6-3-2-4-7-13/h2-4,6-7,10,14-16,18H,5,8-9,11H2,1H3,(H,21,23,24)/t14-,15+,16-,18-,30?/m0/s1. The van der Waals surface area contributed by atoms with E-state index in [2.05, 4.69) is 4.98 Å². The maximum atomic E-state index is 15.0. The summed E-state index contributed by atoms with van der Waals surface area (Å²) in [6, 6.07) is 9.73. The minimum atomic E-state index is -3.95. The number of H-pyrrole nitrogens is 1. The Morgan fingerprint density at radius 1 is 1.30 bits per heavy atom. The zero-order valence-corrected chi connectivity index (χ0v) is 17.1. The second-order valence-corrected chi connectivity index (χ2v) is 8.85. The molecule has 2 aliphatic heterocycles. The zero-order chi connectivity index (χ0) is 21.3. The second kappa shape index (κ2) is 8.56.